The SMILES string of the molecule is O=S(=O)(Nc1cnc(Oc2ccccc2)nc1)c1ccccc1Br. The Morgan fingerprint density at radius 1 is 0.917 bits per heavy atom. The summed E-state index contributed by atoms with van der Waals surface area (Å²) in [5.74, 6) is 0.596. The third kappa shape index (κ3) is 3.90. The van der Waals surface area contributed by atoms with Crippen molar-refractivity contribution in [1.82, 2.24) is 9.97 Å². The number of halogens is 1. The number of sulfonamides is 1. The molecule has 3 aromatic rings. The molecule has 0 saturated heterocycles. The Balaban J connectivity index is 1.76. The van der Waals surface area contributed by atoms with E-state index in [0.717, 1.165) is 0 Å². The van der Waals surface area contributed by atoms with E-state index in [2.05, 4.69) is 30.6 Å². The highest BCUT2D eigenvalue weighted by Gasteiger charge is 2.17. The topological polar surface area (TPSA) is 81.2 Å². The summed E-state index contributed by atoms with van der Waals surface area (Å²) in [5, 5.41) is 0. The second kappa shape index (κ2) is 6.98. The number of hydrogen-bond donors (Lipinski definition) is 1. The Kier molecular flexibility index (Phi) is 4.77. The minimum absolute atomic E-state index is 0.130. The Hall–Kier alpha value is -2.45. The molecule has 2 aromatic carbocycles. The number of para-hydroxylation sites is 1. The zero-order valence-electron chi connectivity index (χ0n) is 12.3. The van der Waals surface area contributed by atoms with E-state index in [-0.39, 0.29) is 16.6 Å². The van der Waals surface area contributed by atoms with Crippen molar-refractivity contribution in [1.29, 1.82) is 0 Å². The van der Waals surface area contributed by atoms with Crippen LogP contribution < -0.4 is 9.46 Å². The Bertz CT molecular complexity index is 932. The molecule has 0 amide bonds. The van der Waals surface area contributed by atoms with Gasteiger partial charge in [0.05, 0.1) is 18.1 Å². The van der Waals surface area contributed by atoms with Gasteiger partial charge in [0.15, 0.2) is 0 Å². The van der Waals surface area contributed by atoms with E-state index in [1.165, 1.54) is 18.5 Å². The van der Waals surface area contributed by atoms with Crippen molar-refractivity contribution in [3.05, 3.63) is 71.5 Å². The lowest BCUT2D eigenvalue weighted by molar-refractivity contribution is 0.442. The maximum absolute atomic E-state index is 12.4. The van der Waals surface area contributed by atoms with Gasteiger partial charge in [-0.1, -0.05) is 30.3 Å². The summed E-state index contributed by atoms with van der Waals surface area (Å²) in [4.78, 5) is 8.14. The number of rotatable bonds is 5. The smallest absolute Gasteiger partial charge is 0.322 e. The lowest BCUT2D eigenvalue weighted by Crippen LogP contribution is -2.14. The monoisotopic (exact) mass is 405 g/mol. The minimum atomic E-state index is -3.73. The molecule has 1 heterocycles. The van der Waals surface area contributed by atoms with Crippen LogP contribution in [0.15, 0.2) is 76.4 Å². The Labute approximate surface area is 147 Å². The van der Waals surface area contributed by atoms with E-state index in [0.29, 0.717) is 10.2 Å². The van der Waals surface area contributed by atoms with Crippen LogP contribution in [0, 0.1) is 0 Å². The van der Waals surface area contributed by atoms with Gasteiger partial charge in [-0.15, -0.1) is 0 Å². The molecule has 122 valence electrons. The molecule has 0 atom stereocenters. The van der Waals surface area contributed by atoms with Gasteiger partial charge < -0.3 is 4.74 Å². The fraction of sp³-hybridized carbons (Fsp3) is 0. The third-order valence-electron chi connectivity index (χ3n) is 2.96. The lowest BCUT2D eigenvalue weighted by Gasteiger charge is -2.09. The molecule has 0 aliphatic carbocycles. The summed E-state index contributed by atoms with van der Waals surface area (Å²) in [7, 11) is -3.73. The summed E-state index contributed by atoms with van der Waals surface area (Å²) in [6.07, 6.45) is 2.69. The molecule has 0 radical (unpaired) electrons. The Morgan fingerprint density at radius 2 is 1.54 bits per heavy atom. The van der Waals surface area contributed by atoms with Crippen LogP contribution >= 0.6 is 15.9 Å². The van der Waals surface area contributed by atoms with E-state index in [1.807, 2.05) is 18.2 Å². The second-order valence-electron chi connectivity index (χ2n) is 4.71. The molecular formula is C16H12BrN3O3S. The van der Waals surface area contributed by atoms with Gasteiger partial charge in [-0.05, 0) is 40.2 Å². The van der Waals surface area contributed by atoms with E-state index in [9.17, 15) is 8.42 Å². The highest BCUT2D eigenvalue weighted by molar-refractivity contribution is 9.10. The van der Waals surface area contributed by atoms with Crippen molar-refractivity contribution in [2.75, 3.05) is 4.72 Å². The average molecular weight is 406 g/mol. The first-order valence-corrected chi connectivity index (χ1v) is 9.14. The van der Waals surface area contributed by atoms with Gasteiger partial charge in [-0.25, -0.2) is 18.4 Å². The van der Waals surface area contributed by atoms with E-state index in [4.69, 9.17) is 4.74 Å². The summed E-state index contributed by atoms with van der Waals surface area (Å²) in [6.45, 7) is 0. The van der Waals surface area contributed by atoms with Gasteiger partial charge in [-0.3, -0.25) is 4.72 Å². The molecular weight excluding hydrogens is 394 g/mol. The van der Waals surface area contributed by atoms with Crippen molar-refractivity contribution in [3.8, 4) is 11.8 Å². The van der Waals surface area contributed by atoms with Crippen LogP contribution in [0.4, 0.5) is 5.69 Å². The van der Waals surface area contributed by atoms with Crippen molar-refractivity contribution in [3.63, 3.8) is 0 Å². The van der Waals surface area contributed by atoms with Crippen LogP contribution in [0.1, 0.15) is 0 Å². The highest BCUT2D eigenvalue weighted by atomic mass is 79.9. The van der Waals surface area contributed by atoms with Gasteiger partial charge in [0, 0.05) is 4.47 Å². The molecule has 0 aliphatic rings. The van der Waals surface area contributed by atoms with Gasteiger partial charge in [0.2, 0.25) is 0 Å². The van der Waals surface area contributed by atoms with E-state index >= 15 is 0 Å². The number of anilines is 1. The van der Waals surface area contributed by atoms with Crippen LogP contribution in [0.5, 0.6) is 11.8 Å². The quantitative estimate of drug-likeness (QED) is 0.697. The van der Waals surface area contributed by atoms with Gasteiger partial charge in [0.1, 0.15) is 10.6 Å². The summed E-state index contributed by atoms with van der Waals surface area (Å²) in [6, 6.07) is 15.7. The van der Waals surface area contributed by atoms with Crippen molar-refractivity contribution < 1.29 is 13.2 Å². The number of aromatic nitrogens is 2. The molecule has 8 heteroatoms. The first-order valence-electron chi connectivity index (χ1n) is 6.87. The van der Waals surface area contributed by atoms with Gasteiger partial charge in [-0.2, -0.15) is 0 Å². The third-order valence-corrected chi connectivity index (χ3v) is 5.35. The maximum Gasteiger partial charge on any atom is 0.322 e. The normalized spacial score (nSPS) is 11.0. The number of nitrogens with zero attached hydrogens (tertiary/aromatic N) is 2. The maximum atomic E-state index is 12.4. The van der Waals surface area contributed by atoms with Crippen molar-refractivity contribution in [2.24, 2.45) is 0 Å². The summed E-state index contributed by atoms with van der Waals surface area (Å²) in [5.41, 5.74) is 0.242. The molecule has 6 nitrogen and oxygen atoms in total. The first-order chi connectivity index (χ1) is 11.5. The zero-order valence-corrected chi connectivity index (χ0v) is 14.7. The molecule has 0 spiro atoms. The van der Waals surface area contributed by atoms with E-state index in [1.54, 1.807) is 30.3 Å². The highest BCUT2D eigenvalue weighted by Crippen LogP contribution is 2.24. The minimum Gasteiger partial charge on any atom is -0.424 e. The average Bonchev–Trinajstić information content (AvgIpc) is 2.58. The number of ether oxygens (including phenoxy) is 1. The predicted molar refractivity (Wildman–Crippen MR) is 93.5 cm³/mol. The predicted octanol–water partition coefficient (Wildman–Crippen LogP) is 3.83. The fourth-order valence-corrected chi connectivity index (χ4v) is 3.92. The van der Waals surface area contributed by atoms with Crippen LogP contribution in [-0.4, -0.2) is 18.4 Å². The summed E-state index contributed by atoms with van der Waals surface area (Å²) < 4.78 is 33.1. The lowest BCUT2D eigenvalue weighted by atomic mass is 10.3. The molecule has 0 unspecified atom stereocenters. The zero-order chi connectivity index (χ0) is 17.0. The van der Waals surface area contributed by atoms with Gasteiger partial charge in [0.25, 0.3) is 10.0 Å². The van der Waals surface area contributed by atoms with Crippen molar-refractivity contribution >= 4 is 31.6 Å². The molecule has 0 bridgehead atoms. The molecule has 0 saturated carbocycles. The van der Waals surface area contributed by atoms with Crippen LogP contribution in [-0.2, 0) is 10.0 Å². The number of nitrogens with one attached hydrogen (secondary N) is 1. The molecule has 3 rings (SSSR count). The number of hydrogen-bond acceptors (Lipinski definition) is 5. The summed E-state index contributed by atoms with van der Waals surface area (Å²) >= 11 is 3.22. The van der Waals surface area contributed by atoms with Crippen molar-refractivity contribution in [2.45, 2.75) is 4.90 Å². The largest absolute Gasteiger partial charge is 0.424 e. The van der Waals surface area contributed by atoms with Crippen LogP contribution in [0.2, 0.25) is 0 Å². The van der Waals surface area contributed by atoms with Gasteiger partial charge >= 0.3 is 6.01 Å². The standard InChI is InChI=1S/C16H12BrN3O3S/c17-14-8-4-5-9-15(14)24(21,22)20-12-10-18-16(19-11-12)23-13-6-2-1-3-7-13/h1-11,20H. The van der Waals surface area contributed by atoms with Crippen LogP contribution in [0.25, 0.3) is 0 Å². The Morgan fingerprint density at radius 3 is 2.21 bits per heavy atom. The fourth-order valence-electron chi connectivity index (χ4n) is 1.89. The molecule has 0 aliphatic heterocycles. The second-order valence-corrected chi connectivity index (χ2v) is 7.21. The van der Waals surface area contributed by atoms with E-state index < -0.39 is 10.0 Å². The molecule has 1 N–H and O–H groups in total. The molecule has 0 fully saturated rings. The number of benzene rings is 2. The van der Waals surface area contributed by atoms with Crippen LogP contribution in [0.3, 0.4) is 0 Å². The molecule has 24 heavy (non-hydrogen) atoms. The molecule has 1 aromatic heterocycles. The first kappa shape index (κ1) is 16.4.